The van der Waals surface area contributed by atoms with Crippen molar-refractivity contribution in [2.75, 3.05) is 0 Å². The van der Waals surface area contributed by atoms with Crippen molar-refractivity contribution in [3.05, 3.63) is 101 Å². The van der Waals surface area contributed by atoms with E-state index in [1.165, 1.54) is 6.07 Å². The second-order valence-corrected chi connectivity index (χ2v) is 9.55. The number of benzene rings is 2. The van der Waals surface area contributed by atoms with Crippen molar-refractivity contribution in [1.29, 1.82) is 0 Å². The highest BCUT2D eigenvalue weighted by molar-refractivity contribution is 6.09. The number of aliphatic imine (C=N–C) groups is 1. The molecule has 37 heavy (non-hydrogen) atoms. The number of allylic oxidation sites excluding steroid dienone is 3. The van der Waals surface area contributed by atoms with Crippen LogP contribution in [0.2, 0.25) is 0 Å². The highest BCUT2D eigenvalue weighted by atomic mass is 19.1. The summed E-state index contributed by atoms with van der Waals surface area (Å²) in [6.45, 7) is 20.9. The summed E-state index contributed by atoms with van der Waals surface area (Å²) in [6.07, 6.45) is 8.05. The monoisotopic (exact) mass is 509 g/mol. The number of ketones is 1. The first-order chi connectivity index (χ1) is 17.4. The smallest absolute Gasteiger partial charge is 0.160 e. The second kappa shape index (κ2) is 15.7. The second-order valence-electron chi connectivity index (χ2n) is 9.55. The predicted molar refractivity (Wildman–Crippen MR) is 151 cm³/mol. The van der Waals surface area contributed by atoms with Crippen LogP contribution in [0.25, 0.3) is 0 Å². The minimum atomic E-state index is -0.633. The van der Waals surface area contributed by atoms with Crippen LogP contribution in [0.4, 0.5) is 8.78 Å². The fraction of sp³-hybridized carbons (Fsp3) is 0.375. The number of aryl methyl sites for hydroxylation is 1. The van der Waals surface area contributed by atoms with E-state index in [-0.39, 0.29) is 17.5 Å². The molecular formula is C32H41F2NO2. The lowest BCUT2D eigenvalue weighted by atomic mass is 9.94. The number of hydrogen-bond donors (Lipinski definition) is 0. The molecule has 0 radical (unpaired) electrons. The molecule has 0 saturated heterocycles. The fourth-order valence-electron chi connectivity index (χ4n) is 3.63. The Hall–Kier alpha value is -3.34. The van der Waals surface area contributed by atoms with Crippen molar-refractivity contribution in [2.24, 2.45) is 16.8 Å². The van der Waals surface area contributed by atoms with Crippen LogP contribution < -0.4 is 4.74 Å². The van der Waals surface area contributed by atoms with Crippen LogP contribution in [0.1, 0.15) is 80.9 Å². The van der Waals surface area contributed by atoms with Crippen LogP contribution in [-0.2, 0) is 0 Å². The molecule has 0 amide bonds. The summed E-state index contributed by atoms with van der Waals surface area (Å²) in [5.41, 5.74) is 3.82. The van der Waals surface area contributed by atoms with E-state index in [1.54, 1.807) is 32.2 Å². The van der Waals surface area contributed by atoms with Crippen LogP contribution in [0.3, 0.4) is 0 Å². The number of Topliss-reactive ketones (excluding diaryl/α,β-unsaturated/α-hetero) is 1. The van der Waals surface area contributed by atoms with Gasteiger partial charge in [0.15, 0.2) is 5.78 Å². The topological polar surface area (TPSA) is 38.7 Å². The highest BCUT2D eigenvalue weighted by Crippen LogP contribution is 2.29. The maximum Gasteiger partial charge on any atom is 0.160 e. The Kier molecular flexibility index (Phi) is 13.4. The van der Waals surface area contributed by atoms with Crippen molar-refractivity contribution < 1.29 is 18.3 Å². The van der Waals surface area contributed by atoms with Gasteiger partial charge in [-0.2, -0.15) is 0 Å². The fourth-order valence-corrected chi connectivity index (χ4v) is 3.63. The van der Waals surface area contributed by atoms with Gasteiger partial charge in [0.25, 0.3) is 0 Å². The summed E-state index contributed by atoms with van der Waals surface area (Å²) in [6, 6.07) is 7.89. The number of hydrogen-bond acceptors (Lipinski definition) is 3. The Bertz CT molecular complexity index is 1150. The van der Waals surface area contributed by atoms with Crippen LogP contribution in [-0.4, -0.2) is 11.5 Å². The van der Waals surface area contributed by atoms with E-state index in [4.69, 9.17) is 4.74 Å². The summed E-state index contributed by atoms with van der Waals surface area (Å²) < 4.78 is 32.3. The minimum Gasteiger partial charge on any atom is -0.462 e. The highest BCUT2D eigenvalue weighted by Gasteiger charge is 2.16. The lowest BCUT2D eigenvalue weighted by molar-refractivity contribution is 0.101. The maximum absolute atomic E-state index is 13.5. The molecule has 2 aromatic rings. The van der Waals surface area contributed by atoms with Gasteiger partial charge < -0.3 is 4.74 Å². The van der Waals surface area contributed by atoms with Gasteiger partial charge in [-0.25, -0.2) is 8.78 Å². The maximum atomic E-state index is 13.5. The Balaban J connectivity index is 0.000000375. The molecule has 1 unspecified atom stereocenters. The number of rotatable bonds is 11. The number of halogens is 2. The number of nitrogens with zero attached hydrogens (tertiary/aromatic N) is 1. The third-order valence-electron chi connectivity index (χ3n) is 5.98. The number of ether oxygens (including phenoxy) is 1. The summed E-state index contributed by atoms with van der Waals surface area (Å²) in [4.78, 5) is 15.8. The van der Waals surface area contributed by atoms with E-state index in [1.807, 2.05) is 32.0 Å². The Morgan fingerprint density at radius 2 is 1.76 bits per heavy atom. The number of carbonyl (C=O) groups is 1. The lowest BCUT2D eigenvalue weighted by Gasteiger charge is -2.20. The summed E-state index contributed by atoms with van der Waals surface area (Å²) in [5, 5.41) is 0. The average Bonchev–Trinajstić information content (AvgIpc) is 2.82. The molecule has 0 aromatic heterocycles. The lowest BCUT2D eigenvalue weighted by Crippen LogP contribution is -2.10. The molecule has 0 aliphatic carbocycles. The third-order valence-corrected chi connectivity index (χ3v) is 5.98. The Morgan fingerprint density at radius 3 is 2.32 bits per heavy atom. The van der Waals surface area contributed by atoms with Crippen LogP contribution in [0, 0.1) is 37.3 Å². The zero-order valence-corrected chi connectivity index (χ0v) is 23.3. The molecular weight excluding hydrogens is 468 g/mol. The van der Waals surface area contributed by atoms with E-state index < -0.39 is 11.6 Å². The average molecular weight is 510 g/mol. The normalized spacial score (nSPS) is 12.2. The first-order valence-electron chi connectivity index (χ1n) is 12.7. The summed E-state index contributed by atoms with van der Waals surface area (Å²) >= 11 is 0. The standard InChI is InChI=1S/C17H24F2O.C15H17NO/c1-6-14(8-7-11(2)3)13(5)20-17-10-15(18)9-16(19)12(17)4;1-5-6-9-16-12(3)14-8-7-11(2)10-15(14)13(4)17/h9-11,14H,5-8H2,1-4H3;5-10H,1H2,2-4H3/b;9-6-,16-12?. The SMILES string of the molecule is C=C(Oc1cc(F)cc(F)c1C)C(CC)CCC(C)C.C=C/C=C\N=C(C)c1ccc(C)cc1C(C)=O. The van der Waals surface area contributed by atoms with Gasteiger partial charge in [-0.05, 0) is 58.6 Å². The molecule has 0 fully saturated rings. The van der Waals surface area contributed by atoms with E-state index >= 15 is 0 Å². The van der Waals surface area contributed by atoms with Gasteiger partial charge >= 0.3 is 0 Å². The Morgan fingerprint density at radius 1 is 1.08 bits per heavy atom. The molecule has 0 N–H and O–H groups in total. The van der Waals surface area contributed by atoms with Gasteiger partial charge in [0.2, 0.25) is 0 Å². The van der Waals surface area contributed by atoms with Crippen molar-refractivity contribution in [1.82, 2.24) is 0 Å². The van der Waals surface area contributed by atoms with Crippen LogP contribution in [0.5, 0.6) is 5.75 Å². The van der Waals surface area contributed by atoms with Gasteiger partial charge in [-0.1, -0.05) is 64.1 Å². The molecule has 1 atom stereocenters. The first-order valence-corrected chi connectivity index (χ1v) is 12.7. The number of carbonyl (C=O) groups excluding carboxylic acids is 1. The molecule has 5 heteroatoms. The van der Waals surface area contributed by atoms with E-state index in [0.29, 0.717) is 17.2 Å². The van der Waals surface area contributed by atoms with Gasteiger partial charge in [-0.15, -0.1) is 0 Å². The molecule has 0 heterocycles. The quantitative estimate of drug-likeness (QED) is 0.131. The zero-order chi connectivity index (χ0) is 28.1. The first kappa shape index (κ1) is 31.7. The van der Waals surface area contributed by atoms with E-state index in [9.17, 15) is 13.6 Å². The van der Waals surface area contributed by atoms with Gasteiger partial charge in [-0.3, -0.25) is 9.79 Å². The van der Waals surface area contributed by atoms with Crippen molar-refractivity contribution in [3.8, 4) is 5.75 Å². The van der Waals surface area contributed by atoms with Gasteiger partial charge in [0, 0.05) is 46.7 Å². The zero-order valence-electron chi connectivity index (χ0n) is 23.3. The molecule has 3 nitrogen and oxygen atoms in total. The van der Waals surface area contributed by atoms with Crippen LogP contribution >= 0.6 is 0 Å². The molecule has 0 bridgehead atoms. The largest absolute Gasteiger partial charge is 0.462 e. The molecule has 0 aliphatic heterocycles. The summed E-state index contributed by atoms with van der Waals surface area (Å²) in [5.74, 6) is 0.463. The molecule has 2 aromatic carbocycles. The van der Waals surface area contributed by atoms with Gasteiger partial charge in [0.05, 0.1) is 5.76 Å². The molecule has 2 rings (SSSR count). The molecule has 0 saturated carbocycles. The van der Waals surface area contributed by atoms with Gasteiger partial charge in [0.1, 0.15) is 17.4 Å². The minimum absolute atomic E-state index is 0.0611. The summed E-state index contributed by atoms with van der Waals surface area (Å²) in [7, 11) is 0. The van der Waals surface area contributed by atoms with Crippen molar-refractivity contribution >= 4 is 11.5 Å². The van der Waals surface area contributed by atoms with Crippen molar-refractivity contribution in [3.63, 3.8) is 0 Å². The third kappa shape index (κ3) is 10.7. The Labute approximate surface area is 221 Å². The molecule has 0 spiro atoms. The van der Waals surface area contributed by atoms with E-state index in [0.717, 1.165) is 47.7 Å². The van der Waals surface area contributed by atoms with Crippen LogP contribution in [0.15, 0.2) is 72.6 Å². The molecule has 0 aliphatic rings. The molecule has 200 valence electrons. The van der Waals surface area contributed by atoms with Crippen molar-refractivity contribution in [2.45, 2.75) is 67.7 Å². The van der Waals surface area contributed by atoms with E-state index in [2.05, 4.69) is 38.9 Å². The predicted octanol–water partition coefficient (Wildman–Crippen LogP) is 9.33.